The average Bonchev–Trinajstić information content (AvgIpc) is 3.32. The number of nitrogens with two attached hydrogens (primary N) is 1. The third-order valence-corrected chi connectivity index (χ3v) is 8.31. The summed E-state index contributed by atoms with van der Waals surface area (Å²) in [6, 6.07) is 12.4. The van der Waals surface area contributed by atoms with Gasteiger partial charge in [0.1, 0.15) is 0 Å². The van der Waals surface area contributed by atoms with Gasteiger partial charge in [-0.05, 0) is 72.9 Å². The molecule has 1 saturated carbocycles. The first-order valence-electron chi connectivity index (χ1n) is 11.9. The fourth-order valence-corrected chi connectivity index (χ4v) is 6.22. The van der Waals surface area contributed by atoms with Crippen LogP contribution in [-0.4, -0.2) is 34.0 Å². The summed E-state index contributed by atoms with van der Waals surface area (Å²) in [7, 11) is -3.98. The van der Waals surface area contributed by atoms with Crippen LogP contribution in [0.2, 0.25) is 0 Å². The predicted octanol–water partition coefficient (Wildman–Crippen LogP) is 4.37. The Labute approximate surface area is 195 Å². The maximum Gasteiger partial charge on any atom is 0.239 e. The Kier molecular flexibility index (Phi) is 6.40. The first kappa shape index (κ1) is 22.4. The van der Waals surface area contributed by atoms with E-state index >= 15 is 0 Å². The number of nitrogens with one attached hydrogen (secondary N) is 1. The van der Waals surface area contributed by atoms with E-state index in [2.05, 4.69) is 44.8 Å². The van der Waals surface area contributed by atoms with Crippen LogP contribution in [0.1, 0.15) is 61.1 Å². The van der Waals surface area contributed by atoms with Gasteiger partial charge in [0, 0.05) is 5.56 Å². The van der Waals surface area contributed by atoms with Crippen molar-refractivity contribution >= 4 is 15.9 Å². The molecule has 2 heterocycles. The van der Waals surface area contributed by atoms with E-state index in [4.69, 9.17) is 5.14 Å². The molecule has 2 aromatic rings. The van der Waals surface area contributed by atoms with Crippen molar-refractivity contribution in [1.29, 1.82) is 0 Å². The molecule has 33 heavy (non-hydrogen) atoms. The monoisotopic (exact) mass is 465 g/mol. The van der Waals surface area contributed by atoms with Crippen LogP contribution < -0.4 is 10.5 Å². The highest BCUT2D eigenvalue weighted by Gasteiger charge is 2.28. The van der Waals surface area contributed by atoms with E-state index < -0.39 is 10.0 Å². The lowest BCUT2D eigenvalue weighted by atomic mass is 9.81. The summed E-state index contributed by atoms with van der Waals surface area (Å²) < 4.78 is 25.7. The Hall–Kier alpha value is -2.42. The molecule has 2 aromatic carbocycles. The van der Waals surface area contributed by atoms with Gasteiger partial charge in [-0.15, -0.1) is 5.11 Å². The molecule has 5 rings (SSSR count). The number of azo groups is 1. The second-order valence-electron chi connectivity index (χ2n) is 9.37. The van der Waals surface area contributed by atoms with Gasteiger partial charge in [0.25, 0.3) is 0 Å². The van der Waals surface area contributed by atoms with Crippen molar-refractivity contribution in [2.45, 2.75) is 55.8 Å². The van der Waals surface area contributed by atoms with Crippen LogP contribution in [-0.2, 0) is 16.4 Å². The second-order valence-corrected chi connectivity index (χ2v) is 10.9. The molecular formula is C25H31N5O2S. The Balaban J connectivity index is 1.57. The minimum atomic E-state index is -3.98. The molecule has 2 aliphatic heterocycles. The fourth-order valence-electron chi connectivity index (χ4n) is 5.20. The number of hydrogen-bond donors (Lipinski definition) is 2. The zero-order valence-corrected chi connectivity index (χ0v) is 19.7. The predicted molar refractivity (Wildman–Crippen MR) is 130 cm³/mol. The van der Waals surface area contributed by atoms with Crippen LogP contribution in [0.25, 0.3) is 11.1 Å². The fraction of sp³-hybridized carbons (Fsp3) is 0.480. The number of rotatable bonds is 7. The number of aliphatic imine (C=N–C) groups is 1. The van der Waals surface area contributed by atoms with Gasteiger partial charge >= 0.3 is 0 Å². The van der Waals surface area contributed by atoms with Crippen molar-refractivity contribution in [3.8, 4) is 11.1 Å². The van der Waals surface area contributed by atoms with Gasteiger partial charge in [-0.25, -0.2) is 18.5 Å². The molecule has 7 nitrogen and oxygen atoms in total. The molecule has 0 atom stereocenters. The summed E-state index contributed by atoms with van der Waals surface area (Å²) in [6.07, 6.45) is 7.63. The zero-order valence-electron chi connectivity index (χ0n) is 18.8. The zero-order chi connectivity index (χ0) is 22.8. The van der Waals surface area contributed by atoms with Crippen molar-refractivity contribution < 1.29 is 8.42 Å². The number of sulfonamides is 1. The van der Waals surface area contributed by atoms with Gasteiger partial charge in [0.05, 0.1) is 4.90 Å². The van der Waals surface area contributed by atoms with E-state index in [1.54, 1.807) is 0 Å². The summed E-state index contributed by atoms with van der Waals surface area (Å²) in [6.45, 7) is 2.29. The SMILES string of the molecule is NS(=O)(=O)c1c(CCC2CCC2)ccc(-c2ccc(C3CCNCC3)cc2)c1C1=NCN=N1. The Bertz CT molecular complexity index is 1180. The molecule has 1 saturated heterocycles. The number of piperidine rings is 1. The molecule has 0 amide bonds. The quantitative estimate of drug-likeness (QED) is 0.633. The lowest BCUT2D eigenvalue weighted by Gasteiger charge is -2.26. The third-order valence-electron chi connectivity index (χ3n) is 7.28. The summed E-state index contributed by atoms with van der Waals surface area (Å²) in [5.41, 5.74) is 4.27. The largest absolute Gasteiger partial charge is 0.317 e. The van der Waals surface area contributed by atoms with Crippen LogP contribution in [0.4, 0.5) is 0 Å². The Morgan fingerprint density at radius 3 is 2.36 bits per heavy atom. The van der Waals surface area contributed by atoms with Crippen LogP contribution in [0.3, 0.4) is 0 Å². The first-order valence-corrected chi connectivity index (χ1v) is 13.5. The summed E-state index contributed by atoms with van der Waals surface area (Å²) in [5, 5.41) is 17.3. The topological polar surface area (TPSA) is 109 Å². The maximum absolute atomic E-state index is 12.8. The highest BCUT2D eigenvalue weighted by molar-refractivity contribution is 7.89. The lowest BCUT2D eigenvalue weighted by molar-refractivity contribution is 0.296. The van der Waals surface area contributed by atoms with Crippen LogP contribution >= 0.6 is 0 Å². The molecule has 174 valence electrons. The first-order chi connectivity index (χ1) is 16.0. The normalized spacial score (nSPS) is 19.5. The van der Waals surface area contributed by atoms with E-state index in [-0.39, 0.29) is 11.6 Å². The molecule has 1 aliphatic carbocycles. The smallest absolute Gasteiger partial charge is 0.239 e. The Morgan fingerprint density at radius 2 is 1.76 bits per heavy atom. The molecular weight excluding hydrogens is 434 g/mol. The lowest BCUT2D eigenvalue weighted by Crippen LogP contribution is -2.26. The van der Waals surface area contributed by atoms with Gasteiger partial charge < -0.3 is 5.32 Å². The standard InChI is InChI=1S/C25H31N5O2S/c26-33(31,32)24-21(5-4-17-2-1-3-17)10-11-22(23(24)25-28-16-29-30-25)20-8-6-18(7-9-20)19-12-14-27-15-13-19/h6-11,17,19,27H,1-5,12-16H2,(H2,26,31,32). The van der Waals surface area contributed by atoms with E-state index in [1.807, 2.05) is 12.1 Å². The molecule has 0 radical (unpaired) electrons. The van der Waals surface area contributed by atoms with Gasteiger partial charge in [0.15, 0.2) is 12.5 Å². The maximum atomic E-state index is 12.8. The van der Waals surface area contributed by atoms with Crippen molar-refractivity contribution in [2.24, 2.45) is 26.3 Å². The highest BCUT2D eigenvalue weighted by atomic mass is 32.2. The number of amidine groups is 1. The molecule has 3 aliphatic rings. The summed E-state index contributed by atoms with van der Waals surface area (Å²) in [4.78, 5) is 4.53. The summed E-state index contributed by atoms with van der Waals surface area (Å²) >= 11 is 0. The second kappa shape index (κ2) is 9.44. The van der Waals surface area contributed by atoms with Crippen LogP contribution in [0, 0.1) is 5.92 Å². The minimum Gasteiger partial charge on any atom is -0.317 e. The van der Waals surface area contributed by atoms with Crippen molar-refractivity contribution in [2.75, 3.05) is 19.8 Å². The molecule has 2 fully saturated rings. The van der Waals surface area contributed by atoms with E-state index in [0.717, 1.165) is 49.0 Å². The molecule has 3 N–H and O–H groups in total. The van der Waals surface area contributed by atoms with Crippen molar-refractivity contribution in [3.05, 3.63) is 53.1 Å². The average molecular weight is 466 g/mol. The van der Waals surface area contributed by atoms with E-state index in [9.17, 15) is 8.42 Å². The molecule has 0 aromatic heterocycles. The number of hydrogen-bond acceptors (Lipinski definition) is 6. The third kappa shape index (κ3) is 4.78. The molecule has 0 unspecified atom stereocenters. The molecule has 8 heteroatoms. The van der Waals surface area contributed by atoms with Crippen molar-refractivity contribution in [3.63, 3.8) is 0 Å². The molecule has 0 bridgehead atoms. The van der Waals surface area contributed by atoms with E-state index in [0.29, 0.717) is 29.7 Å². The van der Waals surface area contributed by atoms with Gasteiger partial charge in [-0.1, -0.05) is 55.7 Å². The minimum absolute atomic E-state index is 0.154. The number of benzene rings is 2. The molecule has 0 spiro atoms. The van der Waals surface area contributed by atoms with Crippen LogP contribution in [0.15, 0.2) is 56.5 Å². The number of aryl methyl sites for hydroxylation is 1. The highest BCUT2D eigenvalue weighted by Crippen LogP contribution is 2.37. The van der Waals surface area contributed by atoms with Gasteiger partial charge in [-0.3, -0.25) is 0 Å². The summed E-state index contributed by atoms with van der Waals surface area (Å²) in [5.74, 6) is 1.58. The number of primary sulfonamides is 1. The van der Waals surface area contributed by atoms with E-state index in [1.165, 1.54) is 24.8 Å². The van der Waals surface area contributed by atoms with Crippen molar-refractivity contribution in [1.82, 2.24) is 5.32 Å². The van der Waals surface area contributed by atoms with Crippen LogP contribution in [0.5, 0.6) is 0 Å². The van der Waals surface area contributed by atoms with Gasteiger partial charge in [0.2, 0.25) is 10.0 Å². The number of nitrogens with zero attached hydrogens (tertiary/aromatic N) is 3. The Morgan fingerprint density at radius 1 is 1.00 bits per heavy atom. The van der Waals surface area contributed by atoms with Gasteiger partial charge in [-0.2, -0.15) is 5.11 Å².